The summed E-state index contributed by atoms with van der Waals surface area (Å²) in [6.45, 7) is 0.979. The first-order chi connectivity index (χ1) is 7.72. The molecular formula is C10H13ClN2O3. The van der Waals surface area contributed by atoms with Crippen LogP contribution in [0, 0.1) is 0 Å². The number of carbonyl (C=O) groups excluding carboxylic acids is 1. The maximum Gasteiger partial charge on any atom is 0.407 e. The molecule has 88 valence electrons. The van der Waals surface area contributed by atoms with Crippen molar-refractivity contribution >= 4 is 17.7 Å². The van der Waals surface area contributed by atoms with E-state index in [1.165, 1.54) is 0 Å². The normalized spacial score (nSPS) is 9.88. The van der Waals surface area contributed by atoms with E-state index in [0.717, 1.165) is 5.56 Å². The number of ether oxygens (including phenoxy) is 2. The lowest BCUT2D eigenvalue weighted by molar-refractivity contribution is 0.0983. The quantitative estimate of drug-likeness (QED) is 0.632. The fourth-order valence-corrected chi connectivity index (χ4v) is 1.07. The zero-order valence-electron chi connectivity index (χ0n) is 8.90. The van der Waals surface area contributed by atoms with Crippen molar-refractivity contribution < 1.29 is 14.3 Å². The Labute approximate surface area is 98.7 Å². The first kappa shape index (κ1) is 12.7. The topological polar surface area (TPSA) is 60.5 Å². The van der Waals surface area contributed by atoms with Crippen LogP contribution in [-0.2, 0) is 16.0 Å². The monoisotopic (exact) mass is 244 g/mol. The minimum Gasteiger partial charge on any atom is -0.447 e. The molecule has 6 heteroatoms. The Hall–Kier alpha value is -1.33. The summed E-state index contributed by atoms with van der Waals surface area (Å²) in [5, 5.41) is 3.00. The number of aromatic nitrogens is 1. The van der Waals surface area contributed by atoms with Gasteiger partial charge in [-0.3, -0.25) is 0 Å². The van der Waals surface area contributed by atoms with Crippen LogP contribution in [0.2, 0.25) is 5.15 Å². The van der Waals surface area contributed by atoms with E-state index in [0.29, 0.717) is 18.3 Å². The Bertz CT molecular complexity index is 329. The number of methoxy groups -OCH3 is 1. The molecule has 0 saturated heterocycles. The molecule has 1 aromatic heterocycles. The molecule has 0 fully saturated rings. The summed E-state index contributed by atoms with van der Waals surface area (Å²) in [4.78, 5) is 15.0. The Morgan fingerprint density at radius 3 is 2.94 bits per heavy atom. The second kappa shape index (κ2) is 7.03. The third kappa shape index (κ3) is 4.95. The number of halogens is 1. The number of alkyl carbamates (subject to hydrolysis) is 1. The molecule has 0 unspecified atom stereocenters. The van der Waals surface area contributed by atoms with E-state index in [2.05, 4.69) is 10.3 Å². The van der Waals surface area contributed by atoms with Crippen molar-refractivity contribution in [3.63, 3.8) is 0 Å². The summed E-state index contributed by atoms with van der Waals surface area (Å²) in [6.07, 6.45) is 1.12. The van der Waals surface area contributed by atoms with Crippen molar-refractivity contribution in [2.75, 3.05) is 20.3 Å². The van der Waals surface area contributed by atoms with Crippen LogP contribution in [0.1, 0.15) is 5.56 Å². The van der Waals surface area contributed by atoms with Crippen molar-refractivity contribution in [3.8, 4) is 0 Å². The molecule has 1 heterocycles. The minimum absolute atomic E-state index is 0.237. The molecule has 0 bridgehead atoms. The van der Waals surface area contributed by atoms with Crippen LogP contribution in [0.25, 0.3) is 0 Å². The maximum absolute atomic E-state index is 11.1. The van der Waals surface area contributed by atoms with Gasteiger partial charge >= 0.3 is 6.09 Å². The number of nitrogens with zero attached hydrogens (tertiary/aromatic N) is 1. The summed E-state index contributed by atoms with van der Waals surface area (Å²) >= 11 is 5.62. The van der Waals surface area contributed by atoms with E-state index >= 15 is 0 Å². The van der Waals surface area contributed by atoms with Crippen molar-refractivity contribution in [2.24, 2.45) is 0 Å². The lowest BCUT2D eigenvalue weighted by atomic mass is 10.3. The number of hydrogen-bond donors (Lipinski definition) is 1. The molecule has 0 atom stereocenters. The number of hydrogen-bond acceptors (Lipinski definition) is 4. The smallest absolute Gasteiger partial charge is 0.407 e. The molecule has 0 aliphatic rings. The van der Waals surface area contributed by atoms with Gasteiger partial charge in [-0.2, -0.15) is 0 Å². The van der Waals surface area contributed by atoms with Gasteiger partial charge in [-0.05, 0) is 11.6 Å². The molecule has 1 rings (SSSR count). The third-order valence-electron chi connectivity index (χ3n) is 1.75. The fraction of sp³-hybridized carbons (Fsp3) is 0.400. The molecule has 0 aliphatic carbocycles. The van der Waals surface area contributed by atoms with Gasteiger partial charge in [0.15, 0.2) is 0 Å². The lowest BCUT2D eigenvalue weighted by Crippen LogP contribution is -2.25. The SMILES string of the molecule is COCCOC(=O)NCc1ccc(Cl)nc1. The van der Waals surface area contributed by atoms with Crippen LogP contribution < -0.4 is 5.32 Å². The molecule has 1 aromatic rings. The van der Waals surface area contributed by atoms with Crippen molar-refractivity contribution in [3.05, 3.63) is 29.0 Å². The molecular weight excluding hydrogens is 232 g/mol. The summed E-state index contributed by atoms with van der Waals surface area (Å²) in [6, 6.07) is 3.44. The largest absolute Gasteiger partial charge is 0.447 e. The maximum atomic E-state index is 11.1. The predicted molar refractivity (Wildman–Crippen MR) is 59.3 cm³/mol. The second-order valence-electron chi connectivity index (χ2n) is 2.97. The number of pyridine rings is 1. The van der Waals surface area contributed by atoms with Gasteiger partial charge in [0.05, 0.1) is 6.61 Å². The predicted octanol–water partition coefficient (Wildman–Crippen LogP) is 1.61. The van der Waals surface area contributed by atoms with E-state index in [1.54, 1.807) is 25.4 Å². The van der Waals surface area contributed by atoms with Crippen LogP contribution in [0.4, 0.5) is 4.79 Å². The Morgan fingerprint density at radius 2 is 2.31 bits per heavy atom. The lowest BCUT2D eigenvalue weighted by Gasteiger charge is -2.06. The van der Waals surface area contributed by atoms with Gasteiger partial charge in [0.1, 0.15) is 11.8 Å². The summed E-state index contributed by atoms with van der Waals surface area (Å²) in [5.41, 5.74) is 0.855. The van der Waals surface area contributed by atoms with E-state index in [1.807, 2.05) is 0 Å². The number of amides is 1. The van der Waals surface area contributed by atoms with Gasteiger partial charge in [0.2, 0.25) is 0 Å². The molecule has 0 radical (unpaired) electrons. The van der Waals surface area contributed by atoms with Gasteiger partial charge in [-0.1, -0.05) is 17.7 Å². The van der Waals surface area contributed by atoms with Crippen molar-refractivity contribution in [1.29, 1.82) is 0 Å². The number of rotatable bonds is 5. The number of nitrogens with one attached hydrogen (secondary N) is 1. The highest BCUT2D eigenvalue weighted by Gasteiger charge is 2.01. The van der Waals surface area contributed by atoms with E-state index < -0.39 is 6.09 Å². The van der Waals surface area contributed by atoms with Gasteiger partial charge in [0, 0.05) is 19.9 Å². The highest BCUT2D eigenvalue weighted by Crippen LogP contribution is 2.04. The zero-order chi connectivity index (χ0) is 11.8. The Balaban J connectivity index is 2.23. The Kier molecular flexibility index (Phi) is 5.60. The zero-order valence-corrected chi connectivity index (χ0v) is 9.66. The molecule has 1 N–H and O–H groups in total. The average Bonchev–Trinajstić information content (AvgIpc) is 2.29. The minimum atomic E-state index is -0.480. The molecule has 0 spiro atoms. The van der Waals surface area contributed by atoms with E-state index in [4.69, 9.17) is 21.1 Å². The van der Waals surface area contributed by atoms with Crippen LogP contribution in [0.15, 0.2) is 18.3 Å². The molecule has 0 aliphatic heterocycles. The van der Waals surface area contributed by atoms with E-state index in [9.17, 15) is 4.79 Å². The Morgan fingerprint density at radius 1 is 1.50 bits per heavy atom. The van der Waals surface area contributed by atoms with Crippen LogP contribution in [0.3, 0.4) is 0 Å². The van der Waals surface area contributed by atoms with Crippen molar-refractivity contribution in [2.45, 2.75) is 6.54 Å². The first-order valence-electron chi connectivity index (χ1n) is 4.72. The highest BCUT2D eigenvalue weighted by molar-refractivity contribution is 6.29. The van der Waals surface area contributed by atoms with Crippen LogP contribution >= 0.6 is 11.6 Å². The summed E-state index contributed by atoms with van der Waals surface area (Å²) in [7, 11) is 1.54. The van der Waals surface area contributed by atoms with E-state index in [-0.39, 0.29) is 6.61 Å². The molecule has 5 nitrogen and oxygen atoms in total. The second-order valence-corrected chi connectivity index (χ2v) is 3.36. The fourth-order valence-electron chi connectivity index (χ4n) is 0.954. The number of carbonyl (C=O) groups is 1. The summed E-state index contributed by atoms with van der Waals surface area (Å²) < 4.78 is 9.54. The molecule has 0 saturated carbocycles. The van der Waals surface area contributed by atoms with Crippen LogP contribution in [-0.4, -0.2) is 31.4 Å². The highest BCUT2D eigenvalue weighted by atomic mass is 35.5. The average molecular weight is 245 g/mol. The molecule has 0 aromatic carbocycles. The standard InChI is InChI=1S/C10H13ClN2O3/c1-15-4-5-16-10(14)13-7-8-2-3-9(11)12-6-8/h2-3,6H,4-5,7H2,1H3,(H,13,14). The van der Waals surface area contributed by atoms with Gasteiger partial charge < -0.3 is 14.8 Å². The van der Waals surface area contributed by atoms with Gasteiger partial charge in [-0.25, -0.2) is 9.78 Å². The van der Waals surface area contributed by atoms with Crippen molar-refractivity contribution in [1.82, 2.24) is 10.3 Å². The van der Waals surface area contributed by atoms with Gasteiger partial charge in [0.25, 0.3) is 0 Å². The molecule has 16 heavy (non-hydrogen) atoms. The third-order valence-corrected chi connectivity index (χ3v) is 1.97. The van der Waals surface area contributed by atoms with Gasteiger partial charge in [-0.15, -0.1) is 0 Å². The van der Waals surface area contributed by atoms with Crippen LogP contribution in [0.5, 0.6) is 0 Å². The first-order valence-corrected chi connectivity index (χ1v) is 5.10. The molecule has 1 amide bonds. The summed E-state index contributed by atoms with van der Waals surface area (Å²) in [5.74, 6) is 0.